The van der Waals surface area contributed by atoms with Gasteiger partial charge in [-0.2, -0.15) is 0 Å². The van der Waals surface area contributed by atoms with Crippen LogP contribution >= 0.6 is 15.9 Å². The van der Waals surface area contributed by atoms with Crippen molar-refractivity contribution in [1.29, 1.82) is 0 Å². The summed E-state index contributed by atoms with van der Waals surface area (Å²) < 4.78 is 5.92. The van der Waals surface area contributed by atoms with Crippen molar-refractivity contribution in [2.45, 2.75) is 12.8 Å². The average molecular weight is 379 g/mol. The van der Waals surface area contributed by atoms with Gasteiger partial charge in [0, 0.05) is 24.7 Å². The van der Waals surface area contributed by atoms with Crippen molar-refractivity contribution in [3.05, 3.63) is 46.4 Å². The Morgan fingerprint density at radius 3 is 2.70 bits per heavy atom. The first-order valence-corrected chi connectivity index (χ1v) is 8.07. The lowest BCUT2D eigenvalue weighted by Crippen LogP contribution is -2.16. The number of rotatable bonds is 8. The molecule has 0 fully saturated rings. The highest BCUT2D eigenvalue weighted by Crippen LogP contribution is 2.13. The minimum absolute atomic E-state index is 0.127. The third-order valence-electron chi connectivity index (χ3n) is 3.02. The number of hydrogen-bond acceptors (Lipinski definition) is 5. The molecular formula is C16H19BrN4O2. The number of ether oxygens (including phenoxy) is 1. The van der Waals surface area contributed by atoms with Gasteiger partial charge in [-0.1, -0.05) is 28.1 Å². The molecule has 0 radical (unpaired) electrons. The highest BCUT2D eigenvalue weighted by Gasteiger charge is 2.06. The van der Waals surface area contributed by atoms with Crippen LogP contribution < -0.4 is 10.6 Å². The molecule has 2 N–H and O–H groups in total. The SMILES string of the molecule is COCCCNc1ccc(NC(=O)Cc2cccc(Br)c2)nn1. The number of amides is 1. The second-order valence-corrected chi connectivity index (χ2v) is 5.85. The zero-order valence-corrected chi connectivity index (χ0v) is 14.5. The fourth-order valence-electron chi connectivity index (χ4n) is 1.95. The maximum absolute atomic E-state index is 12.0. The predicted octanol–water partition coefficient (Wildman–Crippen LogP) is 2.87. The number of anilines is 2. The van der Waals surface area contributed by atoms with E-state index >= 15 is 0 Å². The largest absolute Gasteiger partial charge is 0.385 e. The van der Waals surface area contributed by atoms with Gasteiger partial charge in [-0.05, 0) is 36.2 Å². The first-order valence-electron chi connectivity index (χ1n) is 7.28. The highest BCUT2D eigenvalue weighted by molar-refractivity contribution is 9.10. The molecule has 0 saturated heterocycles. The molecule has 1 aromatic carbocycles. The zero-order chi connectivity index (χ0) is 16.5. The molecule has 2 rings (SSSR count). The van der Waals surface area contributed by atoms with Crippen LogP contribution in [0.1, 0.15) is 12.0 Å². The minimum atomic E-state index is -0.127. The molecule has 0 aliphatic heterocycles. The second-order valence-electron chi connectivity index (χ2n) is 4.93. The van der Waals surface area contributed by atoms with Crippen LogP contribution in [-0.2, 0) is 16.0 Å². The van der Waals surface area contributed by atoms with E-state index in [1.54, 1.807) is 19.2 Å². The van der Waals surface area contributed by atoms with E-state index in [1.807, 2.05) is 24.3 Å². The van der Waals surface area contributed by atoms with Crippen LogP contribution in [0.3, 0.4) is 0 Å². The van der Waals surface area contributed by atoms with Crippen molar-refractivity contribution >= 4 is 33.5 Å². The Balaban J connectivity index is 1.81. The monoisotopic (exact) mass is 378 g/mol. The van der Waals surface area contributed by atoms with Crippen molar-refractivity contribution in [2.24, 2.45) is 0 Å². The number of hydrogen-bond donors (Lipinski definition) is 2. The van der Waals surface area contributed by atoms with Crippen molar-refractivity contribution in [3.63, 3.8) is 0 Å². The molecule has 23 heavy (non-hydrogen) atoms. The van der Waals surface area contributed by atoms with E-state index < -0.39 is 0 Å². The summed E-state index contributed by atoms with van der Waals surface area (Å²) in [5.41, 5.74) is 0.932. The molecule has 122 valence electrons. The van der Waals surface area contributed by atoms with Gasteiger partial charge in [0.1, 0.15) is 5.82 Å². The summed E-state index contributed by atoms with van der Waals surface area (Å²) in [7, 11) is 1.67. The van der Waals surface area contributed by atoms with Crippen LogP contribution in [0, 0.1) is 0 Å². The summed E-state index contributed by atoms with van der Waals surface area (Å²) in [4.78, 5) is 12.0. The van der Waals surface area contributed by atoms with E-state index in [2.05, 4.69) is 36.8 Å². The van der Waals surface area contributed by atoms with Crippen molar-refractivity contribution in [2.75, 3.05) is 30.9 Å². The molecule has 0 aliphatic rings. The molecule has 0 bridgehead atoms. The van der Waals surface area contributed by atoms with Crippen molar-refractivity contribution in [1.82, 2.24) is 10.2 Å². The van der Waals surface area contributed by atoms with Gasteiger partial charge >= 0.3 is 0 Å². The smallest absolute Gasteiger partial charge is 0.229 e. The van der Waals surface area contributed by atoms with Crippen LogP contribution in [0.2, 0.25) is 0 Å². The van der Waals surface area contributed by atoms with Crippen LogP contribution in [0.15, 0.2) is 40.9 Å². The molecule has 1 heterocycles. The molecule has 7 heteroatoms. The Kier molecular flexibility index (Phi) is 6.96. The van der Waals surface area contributed by atoms with Crippen molar-refractivity contribution in [3.8, 4) is 0 Å². The number of methoxy groups -OCH3 is 1. The standard InChI is InChI=1S/C16H19BrN4O2/c1-23-9-3-8-18-14-6-7-15(21-20-14)19-16(22)11-12-4-2-5-13(17)10-12/h2,4-7,10H,3,8-9,11H2,1H3,(H,18,20)(H,19,21,22). The molecule has 0 unspecified atom stereocenters. The number of nitrogens with zero attached hydrogens (tertiary/aromatic N) is 2. The third-order valence-corrected chi connectivity index (χ3v) is 3.51. The fourth-order valence-corrected chi connectivity index (χ4v) is 2.39. The van der Waals surface area contributed by atoms with Gasteiger partial charge < -0.3 is 15.4 Å². The van der Waals surface area contributed by atoms with Gasteiger partial charge in [-0.25, -0.2) is 0 Å². The normalized spacial score (nSPS) is 10.3. The Labute approximate surface area is 143 Å². The number of carbonyl (C=O) groups is 1. The zero-order valence-electron chi connectivity index (χ0n) is 12.9. The molecule has 6 nitrogen and oxygen atoms in total. The number of halogens is 1. The molecule has 1 aromatic heterocycles. The lowest BCUT2D eigenvalue weighted by molar-refractivity contribution is -0.115. The maximum atomic E-state index is 12.0. The van der Waals surface area contributed by atoms with Crippen LogP contribution in [0.25, 0.3) is 0 Å². The van der Waals surface area contributed by atoms with E-state index in [9.17, 15) is 4.79 Å². The van der Waals surface area contributed by atoms with Gasteiger partial charge in [0.15, 0.2) is 5.82 Å². The number of nitrogens with one attached hydrogen (secondary N) is 2. The minimum Gasteiger partial charge on any atom is -0.385 e. The second kappa shape index (κ2) is 9.22. The van der Waals surface area contributed by atoms with Gasteiger partial charge in [0.2, 0.25) is 5.91 Å². The summed E-state index contributed by atoms with van der Waals surface area (Å²) in [6, 6.07) is 11.2. The van der Waals surface area contributed by atoms with Crippen LogP contribution in [0.4, 0.5) is 11.6 Å². The molecule has 1 amide bonds. The van der Waals surface area contributed by atoms with Gasteiger partial charge in [0.05, 0.1) is 6.42 Å². The van der Waals surface area contributed by atoms with Gasteiger partial charge in [-0.3, -0.25) is 4.79 Å². The van der Waals surface area contributed by atoms with E-state index in [0.717, 1.165) is 23.0 Å². The summed E-state index contributed by atoms with van der Waals surface area (Å²) in [5.74, 6) is 0.983. The summed E-state index contributed by atoms with van der Waals surface area (Å²) in [6.45, 7) is 1.46. The summed E-state index contributed by atoms with van der Waals surface area (Å²) in [5, 5.41) is 13.9. The molecule has 0 atom stereocenters. The first-order chi connectivity index (χ1) is 11.2. The number of benzene rings is 1. The Hall–Kier alpha value is -1.99. The predicted molar refractivity (Wildman–Crippen MR) is 93.5 cm³/mol. The first kappa shape index (κ1) is 17.4. The summed E-state index contributed by atoms with van der Waals surface area (Å²) >= 11 is 3.39. The summed E-state index contributed by atoms with van der Waals surface area (Å²) in [6.07, 6.45) is 1.18. The molecule has 0 spiro atoms. The van der Waals surface area contributed by atoms with E-state index in [4.69, 9.17) is 4.74 Å². The van der Waals surface area contributed by atoms with Gasteiger partial charge in [-0.15, -0.1) is 10.2 Å². The van der Waals surface area contributed by atoms with Crippen molar-refractivity contribution < 1.29 is 9.53 Å². The quantitative estimate of drug-likeness (QED) is 0.690. The van der Waals surface area contributed by atoms with Crippen LogP contribution in [-0.4, -0.2) is 36.4 Å². The number of aromatic nitrogens is 2. The molecule has 0 saturated carbocycles. The van der Waals surface area contributed by atoms with E-state index in [0.29, 0.717) is 18.2 Å². The number of carbonyl (C=O) groups excluding carboxylic acids is 1. The lowest BCUT2D eigenvalue weighted by Gasteiger charge is -2.07. The topological polar surface area (TPSA) is 76.1 Å². The lowest BCUT2D eigenvalue weighted by atomic mass is 10.1. The van der Waals surface area contributed by atoms with E-state index in [-0.39, 0.29) is 12.3 Å². The fraction of sp³-hybridized carbons (Fsp3) is 0.312. The van der Waals surface area contributed by atoms with Crippen LogP contribution in [0.5, 0.6) is 0 Å². The molecule has 2 aromatic rings. The third kappa shape index (κ3) is 6.33. The Morgan fingerprint density at radius 1 is 1.22 bits per heavy atom. The molecule has 0 aliphatic carbocycles. The average Bonchev–Trinajstić information content (AvgIpc) is 2.53. The maximum Gasteiger partial charge on any atom is 0.229 e. The highest BCUT2D eigenvalue weighted by atomic mass is 79.9. The Bertz CT molecular complexity index is 634. The van der Waals surface area contributed by atoms with Gasteiger partial charge in [0.25, 0.3) is 0 Å². The van der Waals surface area contributed by atoms with E-state index in [1.165, 1.54) is 0 Å². The Morgan fingerprint density at radius 2 is 2.00 bits per heavy atom. The molecular weight excluding hydrogens is 360 g/mol.